The second-order valence-corrected chi connectivity index (χ2v) is 7.79. The summed E-state index contributed by atoms with van der Waals surface area (Å²) in [6.45, 7) is 9.07. The molecule has 1 amide bonds. The Labute approximate surface area is 175 Å². The Morgan fingerprint density at radius 2 is 1.83 bits per heavy atom. The number of aromatic nitrogens is 1. The highest BCUT2D eigenvalue weighted by molar-refractivity contribution is 6.51. The molecule has 0 bridgehead atoms. The van der Waals surface area contributed by atoms with Crippen molar-refractivity contribution < 1.29 is 23.9 Å². The maximum Gasteiger partial charge on any atom is 0.416 e. The van der Waals surface area contributed by atoms with Crippen molar-refractivity contribution in [3.8, 4) is 0 Å². The van der Waals surface area contributed by atoms with Crippen molar-refractivity contribution in [1.29, 1.82) is 0 Å². The van der Waals surface area contributed by atoms with Crippen molar-refractivity contribution >= 4 is 23.4 Å². The van der Waals surface area contributed by atoms with E-state index in [1.807, 2.05) is 13.8 Å². The number of ether oxygens (including phenoxy) is 1. The van der Waals surface area contributed by atoms with E-state index in [9.17, 15) is 19.2 Å². The SMILES string of the molecule is CCC(C)N(C(=O)OC(C)(C)C)c1cc(C(=NO)C(=O)c2ccc(F)cc2)ccn1. The molecule has 0 saturated heterocycles. The number of nitrogens with zero attached hydrogens (tertiary/aromatic N) is 3. The fraction of sp³-hybridized carbons (Fsp3) is 0.364. The molecule has 0 aliphatic rings. The molecule has 0 radical (unpaired) electrons. The van der Waals surface area contributed by atoms with Crippen LogP contribution in [0.4, 0.5) is 15.0 Å². The van der Waals surface area contributed by atoms with Gasteiger partial charge in [-0.3, -0.25) is 9.69 Å². The number of rotatable bonds is 6. The maximum atomic E-state index is 13.2. The Morgan fingerprint density at radius 1 is 1.20 bits per heavy atom. The van der Waals surface area contributed by atoms with Gasteiger partial charge in [-0.2, -0.15) is 0 Å². The molecule has 1 heterocycles. The second-order valence-electron chi connectivity index (χ2n) is 7.79. The fourth-order valence-electron chi connectivity index (χ4n) is 2.66. The summed E-state index contributed by atoms with van der Waals surface area (Å²) in [4.78, 5) is 31.2. The number of Topliss-reactive ketones (excluding diaryl/α,β-unsaturated/α-hetero) is 1. The van der Waals surface area contributed by atoms with Crippen molar-refractivity contribution in [1.82, 2.24) is 4.98 Å². The molecule has 1 aromatic heterocycles. The Bertz CT molecular complexity index is 936. The van der Waals surface area contributed by atoms with Gasteiger partial charge in [0.05, 0.1) is 0 Å². The zero-order valence-electron chi connectivity index (χ0n) is 17.7. The Hall–Kier alpha value is -3.29. The molecule has 2 rings (SSSR count). The summed E-state index contributed by atoms with van der Waals surface area (Å²) < 4.78 is 18.6. The number of hydrogen-bond donors (Lipinski definition) is 1. The number of anilines is 1. The number of amides is 1. The van der Waals surface area contributed by atoms with Gasteiger partial charge < -0.3 is 9.94 Å². The maximum absolute atomic E-state index is 13.2. The largest absolute Gasteiger partial charge is 0.443 e. The van der Waals surface area contributed by atoms with Gasteiger partial charge >= 0.3 is 6.09 Å². The minimum absolute atomic E-state index is 0.161. The number of oxime groups is 1. The summed E-state index contributed by atoms with van der Waals surface area (Å²) in [5, 5.41) is 12.6. The van der Waals surface area contributed by atoms with Crippen LogP contribution in [0.25, 0.3) is 0 Å². The van der Waals surface area contributed by atoms with Gasteiger partial charge in [0.2, 0.25) is 5.78 Å². The highest BCUT2D eigenvalue weighted by atomic mass is 19.1. The van der Waals surface area contributed by atoms with Crippen LogP contribution in [-0.4, -0.2) is 39.4 Å². The van der Waals surface area contributed by atoms with Crippen LogP contribution in [0.15, 0.2) is 47.8 Å². The average molecular weight is 415 g/mol. The molecule has 7 nitrogen and oxygen atoms in total. The quantitative estimate of drug-likeness (QED) is 0.316. The third-order valence-electron chi connectivity index (χ3n) is 4.31. The van der Waals surface area contributed by atoms with Gasteiger partial charge in [0.1, 0.15) is 17.2 Å². The molecule has 1 unspecified atom stereocenters. The highest BCUT2D eigenvalue weighted by Gasteiger charge is 2.28. The van der Waals surface area contributed by atoms with Crippen molar-refractivity contribution in [2.75, 3.05) is 4.90 Å². The molecule has 160 valence electrons. The van der Waals surface area contributed by atoms with Gasteiger partial charge in [-0.25, -0.2) is 14.2 Å². The van der Waals surface area contributed by atoms with Crippen molar-refractivity contribution in [2.45, 2.75) is 52.7 Å². The Balaban J connectivity index is 2.43. The summed E-state index contributed by atoms with van der Waals surface area (Å²) in [6.07, 6.45) is 1.47. The molecule has 8 heteroatoms. The number of hydrogen-bond acceptors (Lipinski definition) is 6. The smallest absolute Gasteiger partial charge is 0.416 e. The summed E-state index contributed by atoms with van der Waals surface area (Å²) in [5.74, 6) is -0.826. The lowest BCUT2D eigenvalue weighted by molar-refractivity contribution is 0.0565. The lowest BCUT2D eigenvalue weighted by Gasteiger charge is -2.30. The normalized spacial score (nSPS) is 12.9. The minimum Gasteiger partial charge on any atom is -0.443 e. The lowest BCUT2D eigenvalue weighted by Crippen LogP contribution is -2.42. The third kappa shape index (κ3) is 5.62. The topological polar surface area (TPSA) is 92.1 Å². The summed E-state index contributed by atoms with van der Waals surface area (Å²) in [7, 11) is 0. The first-order valence-corrected chi connectivity index (χ1v) is 9.58. The predicted octanol–water partition coefficient (Wildman–Crippen LogP) is 4.82. The summed E-state index contributed by atoms with van der Waals surface area (Å²) in [5.41, 5.74) is -0.530. The molecular weight excluding hydrogens is 389 g/mol. The van der Waals surface area contributed by atoms with Gasteiger partial charge in [0.15, 0.2) is 5.71 Å². The summed E-state index contributed by atoms with van der Waals surface area (Å²) >= 11 is 0. The first-order valence-electron chi connectivity index (χ1n) is 9.58. The van der Waals surface area contributed by atoms with Crippen LogP contribution in [-0.2, 0) is 4.74 Å². The van der Waals surface area contributed by atoms with Gasteiger partial charge in [0.25, 0.3) is 0 Å². The van der Waals surface area contributed by atoms with Crippen LogP contribution in [0.3, 0.4) is 0 Å². The number of ketones is 1. The molecular formula is C22H26FN3O4. The lowest BCUT2D eigenvalue weighted by atomic mass is 10.0. The standard InChI is InChI=1S/C22H26FN3O4/c1-6-14(2)26(21(28)30-22(3,4)5)18-13-16(11-12-24-18)19(25-29)20(27)15-7-9-17(23)10-8-15/h7-14,29H,6H2,1-5H3. The molecule has 0 saturated carbocycles. The predicted molar refractivity (Wildman–Crippen MR) is 112 cm³/mol. The number of benzene rings is 1. The molecule has 1 aromatic carbocycles. The minimum atomic E-state index is -0.698. The molecule has 1 N–H and O–H groups in total. The van der Waals surface area contributed by atoms with Crippen molar-refractivity contribution in [2.24, 2.45) is 5.16 Å². The number of carbonyl (C=O) groups is 2. The van der Waals surface area contributed by atoms with E-state index in [2.05, 4.69) is 10.1 Å². The van der Waals surface area contributed by atoms with E-state index in [0.29, 0.717) is 6.42 Å². The first-order chi connectivity index (χ1) is 14.1. The Morgan fingerprint density at radius 3 is 2.37 bits per heavy atom. The fourth-order valence-corrected chi connectivity index (χ4v) is 2.66. The van der Waals surface area contributed by atoms with E-state index >= 15 is 0 Å². The van der Waals surface area contributed by atoms with E-state index in [4.69, 9.17) is 4.74 Å². The number of carbonyl (C=O) groups excluding carboxylic acids is 2. The van der Waals surface area contributed by atoms with Crippen LogP contribution in [0.5, 0.6) is 0 Å². The van der Waals surface area contributed by atoms with E-state index in [1.165, 1.54) is 35.4 Å². The zero-order chi connectivity index (χ0) is 22.5. The number of pyridine rings is 1. The van der Waals surface area contributed by atoms with E-state index < -0.39 is 23.3 Å². The molecule has 0 aliphatic heterocycles. The average Bonchev–Trinajstić information content (AvgIpc) is 2.68. The molecule has 30 heavy (non-hydrogen) atoms. The van der Waals surface area contributed by atoms with Crippen LogP contribution in [0.1, 0.15) is 57.0 Å². The third-order valence-corrected chi connectivity index (χ3v) is 4.31. The molecule has 0 fully saturated rings. The molecule has 0 spiro atoms. The van der Waals surface area contributed by atoms with Crippen LogP contribution >= 0.6 is 0 Å². The van der Waals surface area contributed by atoms with Gasteiger partial charge in [-0.15, -0.1) is 0 Å². The van der Waals surface area contributed by atoms with Gasteiger partial charge in [-0.1, -0.05) is 12.1 Å². The first kappa shape index (κ1) is 23.0. The van der Waals surface area contributed by atoms with Crippen molar-refractivity contribution in [3.63, 3.8) is 0 Å². The van der Waals surface area contributed by atoms with Crippen molar-refractivity contribution in [3.05, 3.63) is 59.5 Å². The second kappa shape index (κ2) is 9.47. The molecule has 0 aliphatic carbocycles. The molecule has 2 aromatic rings. The van der Waals surface area contributed by atoms with Crippen LogP contribution < -0.4 is 4.90 Å². The number of halogens is 1. The van der Waals surface area contributed by atoms with E-state index in [1.54, 1.807) is 20.8 Å². The van der Waals surface area contributed by atoms with Crippen LogP contribution in [0, 0.1) is 5.82 Å². The van der Waals surface area contributed by atoms with E-state index in [0.717, 1.165) is 12.1 Å². The highest BCUT2D eigenvalue weighted by Crippen LogP contribution is 2.22. The monoisotopic (exact) mass is 415 g/mol. The summed E-state index contributed by atoms with van der Waals surface area (Å²) in [6, 6.07) is 7.63. The van der Waals surface area contributed by atoms with Crippen LogP contribution in [0.2, 0.25) is 0 Å². The van der Waals surface area contributed by atoms with E-state index in [-0.39, 0.29) is 28.7 Å². The zero-order valence-corrected chi connectivity index (χ0v) is 17.7. The Kier molecular flexibility index (Phi) is 7.26. The van der Waals surface area contributed by atoms with Gasteiger partial charge in [-0.05, 0) is 70.5 Å². The van der Waals surface area contributed by atoms with Gasteiger partial charge in [0, 0.05) is 23.4 Å². The molecule has 1 atom stereocenters.